The van der Waals surface area contributed by atoms with Gasteiger partial charge in [-0.3, -0.25) is 4.79 Å². The van der Waals surface area contributed by atoms with Gasteiger partial charge in [0.25, 0.3) is 0 Å². The van der Waals surface area contributed by atoms with Crippen LogP contribution in [0.3, 0.4) is 0 Å². The second-order valence-electron chi connectivity index (χ2n) is 3.20. The first kappa shape index (κ1) is 12.7. The zero-order valence-electron chi connectivity index (χ0n) is 9.23. The van der Waals surface area contributed by atoms with Crippen molar-refractivity contribution in [2.75, 3.05) is 30.9 Å². The van der Waals surface area contributed by atoms with Crippen LogP contribution in [0.4, 0.5) is 5.69 Å². The molecule has 1 aromatic rings. The van der Waals surface area contributed by atoms with E-state index in [-0.39, 0.29) is 5.91 Å². The average molecular weight is 240 g/mol. The van der Waals surface area contributed by atoms with Gasteiger partial charge in [-0.2, -0.15) is 11.8 Å². The highest BCUT2D eigenvalue weighted by Crippen LogP contribution is 2.12. The van der Waals surface area contributed by atoms with Gasteiger partial charge in [0.15, 0.2) is 0 Å². The molecule has 0 atom stereocenters. The van der Waals surface area contributed by atoms with Crippen LogP contribution in [0.5, 0.6) is 5.75 Å². The van der Waals surface area contributed by atoms with Crippen molar-refractivity contribution in [3.8, 4) is 5.75 Å². The lowest BCUT2D eigenvalue weighted by Crippen LogP contribution is -2.29. The van der Waals surface area contributed by atoms with E-state index in [9.17, 15) is 4.79 Å². The Morgan fingerprint density at radius 2 is 2.12 bits per heavy atom. The summed E-state index contributed by atoms with van der Waals surface area (Å²) in [5.41, 5.74) is 6.25. The summed E-state index contributed by atoms with van der Waals surface area (Å²) in [6.07, 6.45) is 1.89. The molecule has 0 aliphatic carbocycles. The lowest BCUT2D eigenvalue weighted by Gasteiger charge is -2.07. The first-order valence-electron chi connectivity index (χ1n) is 4.96. The van der Waals surface area contributed by atoms with Gasteiger partial charge < -0.3 is 15.8 Å². The first-order chi connectivity index (χ1) is 7.72. The molecule has 16 heavy (non-hydrogen) atoms. The summed E-state index contributed by atoms with van der Waals surface area (Å²) in [6.45, 7) is 0.980. The zero-order valence-corrected chi connectivity index (χ0v) is 10.0. The summed E-state index contributed by atoms with van der Waals surface area (Å²) in [4.78, 5) is 11.1. The standard InChI is InChI=1S/C11H16N2O2S/c1-16-8-11(14)13-6-7-15-10-4-2-9(12)3-5-10/h2-5H,6-8,12H2,1H3,(H,13,14). The van der Waals surface area contributed by atoms with Crippen LogP contribution in [0.15, 0.2) is 24.3 Å². The van der Waals surface area contributed by atoms with Crippen LogP contribution in [0.25, 0.3) is 0 Å². The number of amides is 1. The largest absolute Gasteiger partial charge is 0.492 e. The molecule has 4 nitrogen and oxygen atoms in total. The molecule has 3 N–H and O–H groups in total. The molecule has 0 aromatic heterocycles. The number of nitrogens with one attached hydrogen (secondary N) is 1. The van der Waals surface area contributed by atoms with Crippen LogP contribution in [0.2, 0.25) is 0 Å². The van der Waals surface area contributed by atoms with Crippen LogP contribution >= 0.6 is 11.8 Å². The van der Waals surface area contributed by atoms with Crippen LogP contribution in [0.1, 0.15) is 0 Å². The fourth-order valence-electron chi connectivity index (χ4n) is 1.11. The predicted molar refractivity (Wildman–Crippen MR) is 67.7 cm³/mol. The van der Waals surface area contributed by atoms with Crippen molar-refractivity contribution in [1.82, 2.24) is 5.32 Å². The van der Waals surface area contributed by atoms with Crippen LogP contribution in [-0.2, 0) is 4.79 Å². The molecule has 1 aromatic carbocycles. The van der Waals surface area contributed by atoms with E-state index in [0.717, 1.165) is 5.75 Å². The van der Waals surface area contributed by atoms with E-state index in [2.05, 4.69) is 5.32 Å². The highest BCUT2D eigenvalue weighted by Gasteiger charge is 1.98. The Morgan fingerprint density at radius 1 is 1.44 bits per heavy atom. The second kappa shape index (κ2) is 7.00. The lowest BCUT2D eigenvalue weighted by molar-refractivity contribution is -0.118. The molecule has 0 bridgehead atoms. The minimum atomic E-state index is 0.0356. The summed E-state index contributed by atoms with van der Waals surface area (Å²) >= 11 is 1.50. The maximum absolute atomic E-state index is 11.1. The number of nitrogens with two attached hydrogens (primary N) is 1. The Labute approximate surface area is 99.5 Å². The monoisotopic (exact) mass is 240 g/mol. The van der Waals surface area contributed by atoms with Gasteiger partial charge in [-0.05, 0) is 30.5 Å². The van der Waals surface area contributed by atoms with E-state index < -0.39 is 0 Å². The normalized spacial score (nSPS) is 9.81. The average Bonchev–Trinajstić information content (AvgIpc) is 2.27. The Balaban J connectivity index is 2.16. The van der Waals surface area contributed by atoms with E-state index in [1.165, 1.54) is 11.8 Å². The number of rotatable bonds is 6. The summed E-state index contributed by atoms with van der Waals surface area (Å²) in [5.74, 6) is 1.28. The van der Waals surface area contributed by atoms with Crippen molar-refractivity contribution in [2.45, 2.75) is 0 Å². The lowest BCUT2D eigenvalue weighted by atomic mass is 10.3. The van der Waals surface area contributed by atoms with Gasteiger partial charge in [-0.25, -0.2) is 0 Å². The Morgan fingerprint density at radius 3 is 2.75 bits per heavy atom. The fourth-order valence-corrected chi connectivity index (χ4v) is 1.47. The molecular weight excluding hydrogens is 224 g/mol. The van der Waals surface area contributed by atoms with Gasteiger partial charge in [-0.15, -0.1) is 0 Å². The topological polar surface area (TPSA) is 64.3 Å². The molecule has 0 heterocycles. The number of hydrogen-bond acceptors (Lipinski definition) is 4. The van der Waals surface area contributed by atoms with Crippen molar-refractivity contribution >= 4 is 23.4 Å². The molecule has 0 aliphatic heterocycles. The van der Waals surface area contributed by atoms with Crippen molar-refractivity contribution < 1.29 is 9.53 Å². The van der Waals surface area contributed by atoms with E-state index in [1.54, 1.807) is 24.3 Å². The quantitative estimate of drug-likeness (QED) is 0.578. The first-order valence-corrected chi connectivity index (χ1v) is 6.35. The molecule has 1 rings (SSSR count). The third-order valence-electron chi connectivity index (χ3n) is 1.85. The minimum absolute atomic E-state index is 0.0356. The molecule has 0 aliphatic rings. The number of hydrogen-bond donors (Lipinski definition) is 2. The number of carbonyl (C=O) groups is 1. The molecule has 0 fully saturated rings. The van der Waals surface area contributed by atoms with Gasteiger partial charge in [0.1, 0.15) is 12.4 Å². The molecule has 0 radical (unpaired) electrons. The number of carbonyl (C=O) groups excluding carboxylic acids is 1. The Kier molecular flexibility index (Phi) is 5.56. The van der Waals surface area contributed by atoms with Crippen molar-refractivity contribution in [3.63, 3.8) is 0 Å². The van der Waals surface area contributed by atoms with E-state index in [4.69, 9.17) is 10.5 Å². The number of nitrogen functional groups attached to an aromatic ring is 1. The molecule has 0 saturated heterocycles. The summed E-state index contributed by atoms with van der Waals surface area (Å²) in [7, 11) is 0. The third kappa shape index (κ3) is 4.93. The molecule has 0 saturated carbocycles. The number of anilines is 1. The SMILES string of the molecule is CSCC(=O)NCCOc1ccc(N)cc1. The minimum Gasteiger partial charge on any atom is -0.492 e. The van der Waals surface area contributed by atoms with Gasteiger partial charge in [0.2, 0.25) is 5.91 Å². The molecular formula is C11H16N2O2S. The summed E-state index contributed by atoms with van der Waals surface area (Å²) in [5, 5.41) is 2.76. The molecule has 88 valence electrons. The van der Waals surface area contributed by atoms with Crippen LogP contribution in [0, 0.1) is 0 Å². The highest BCUT2D eigenvalue weighted by molar-refractivity contribution is 7.99. The van der Waals surface area contributed by atoms with Crippen molar-refractivity contribution in [2.24, 2.45) is 0 Å². The third-order valence-corrected chi connectivity index (χ3v) is 2.40. The van der Waals surface area contributed by atoms with Crippen molar-refractivity contribution in [3.05, 3.63) is 24.3 Å². The van der Waals surface area contributed by atoms with E-state index in [0.29, 0.717) is 24.6 Å². The second-order valence-corrected chi connectivity index (χ2v) is 4.07. The number of ether oxygens (including phenoxy) is 1. The van der Waals surface area contributed by atoms with Gasteiger partial charge >= 0.3 is 0 Å². The highest BCUT2D eigenvalue weighted by atomic mass is 32.2. The maximum atomic E-state index is 11.1. The summed E-state index contributed by atoms with van der Waals surface area (Å²) in [6, 6.07) is 7.17. The molecule has 0 unspecified atom stereocenters. The molecule has 1 amide bonds. The summed E-state index contributed by atoms with van der Waals surface area (Å²) < 4.78 is 5.41. The van der Waals surface area contributed by atoms with E-state index in [1.807, 2.05) is 6.26 Å². The smallest absolute Gasteiger partial charge is 0.230 e. The molecule has 5 heteroatoms. The fraction of sp³-hybridized carbons (Fsp3) is 0.364. The van der Waals surface area contributed by atoms with Crippen molar-refractivity contribution in [1.29, 1.82) is 0 Å². The Bertz CT molecular complexity index is 327. The van der Waals surface area contributed by atoms with Gasteiger partial charge in [0, 0.05) is 5.69 Å². The molecule has 0 spiro atoms. The van der Waals surface area contributed by atoms with Gasteiger partial charge in [0.05, 0.1) is 12.3 Å². The maximum Gasteiger partial charge on any atom is 0.230 e. The van der Waals surface area contributed by atoms with Gasteiger partial charge in [-0.1, -0.05) is 0 Å². The van der Waals surface area contributed by atoms with E-state index >= 15 is 0 Å². The number of benzene rings is 1. The number of thioether (sulfide) groups is 1. The Hall–Kier alpha value is -1.36. The predicted octanol–water partition coefficient (Wildman–Crippen LogP) is 1.13. The zero-order chi connectivity index (χ0) is 11.8. The van der Waals surface area contributed by atoms with Crippen LogP contribution < -0.4 is 15.8 Å². The van der Waals surface area contributed by atoms with Crippen LogP contribution in [-0.4, -0.2) is 31.1 Å².